The summed E-state index contributed by atoms with van der Waals surface area (Å²) in [7, 11) is 0. The highest BCUT2D eigenvalue weighted by atomic mass is 14.2. The highest BCUT2D eigenvalue weighted by molar-refractivity contribution is 5.73. The second-order valence-corrected chi connectivity index (χ2v) is 5.31. The average Bonchev–Trinajstić information content (AvgIpc) is 2.56. The van der Waals surface area contributed by atoms with Gasteiger partial charge in [-0.25, -0.2) is 0 Å². The van der Waals surface area contributed by atoms with Crippen LogP contribution in [0.5, 0.6) is 0 Å². The molecule has 1 rings (SSSR count). The Balaban J connectivity index is 3.24. The van der Waals surface area contributed by atoms with Crippen LogP contribution in [0.25, 0.3) is 5.57 Å². The molecule has 0 saturated heterocycles. The van der Waals surface area contributed by atoms with Crippen LogP contribution in [0.3, 0.4) is 0 Å². The maximum Gasteiger partial charge on any atom is 0.00637 e. The molecule has 0 nitrogen and oxygen atoms in total. The zero-order valence-corrected chi connectivity index (χ0v) is 14.4. The highest BCUT2D eigenvalue weighted by Gasteiger charge is 2.13. The fourth-order valence-electron chi connectivity index (χ4n) is 2.78. The van der Waals surface area contributed by atoms with Crippen LogP contribution in [-0.4, -0.2) is 0 Å². The first kappa shape index (κ1) is 18.0. The Morgan fingerprint density at radius 1 is 1.14 bits per heavy atom. The standard InChI is InChI=1S/C22H28/c1-7-13-19(10-4)22(11-5)17(6)20-14-12-15-21(16-20)18(8-2)9-3/h8-17H,2,4,7H2,1,3,5-6H3/b18-9+,19-13+,22-11+. The summed E-state index contributed by atoms with van der Waals surface area (Å²) in [6.07, 6.45) is 11.4. The lowest BCUT2D eigenvalue weighted by molar-refractivity contribution is 0.903. The zero-order chi connectivity index (χ0) is 16.5. The van der Waals surface area contributed by atoms with Crippen molar-refractivity contribution in [1.82, 2.24) is 0 Å². The Morgan fingerprint density at radius 2 is 1.86 bits per heavy atom. The molecule has 1 atom stereocenters. The van der Waals surface area contributed by atoms with Crippen molar-refractivity contribution >= 4 is 5.57 Å². The molecule has 1 aromatic rings. The molecule has 0 aliphatic heterocycles. The van der Waals surface area contributed by atoms with E-state index in [0.29, 0.717) is 5.92 Å². The van der Waals surface area contributed by atoms with Gasteiger partial charge in [0.25, 0.3) is 0 Å². The monoisotopic (exact) mass is 292 g/mol. The molecular formula is C22H28. The van der Waals surface area contributed by atoms with Gasteiger partial charge < -0.3 is 0 Å². The largest absolute Gasteiger partial charge is 0.0985 e. The summed E-state index contributed by atoms with van der Waals surface area (Å²) < 4.78 is 0. The van der Waals surface area contributed by atoms with Crippen molar-refractivity contribution in [2.24, 2.45) is 0 Å². The van der Waals surface area contributed by atoms with Gasteiger partial charge in [0.1, 0.15) is 0 Å². The maximum atomic E-state index is 3.97. The van der Waals surface area contributed by atoms with Gasteiger partial charge in [-0.15, -0.1) is 0 Å². The zero-order valence-electron chi connectivity index (χ0n) is 14.4. The van der Waals surface area contributed by atoms with E-state index in [-0.39, 0.29) is 0 Å². The normalized spacial score (nSPS) is 14.6. The van der Waals surface area contributed by atoms with Crippen molar-refractivity contribution in [3.05, 3.63) is 90.1 Å². The van der Waals surface area contributed by atoms with Crippen LogP contribution < -0.4 is 0 Å². The number of benzene rings is 1. The molecule has 0 aliphatic rings. The molecule has 0 N–H and O–H groups in total. The Kier molecular flexibility index (Phi) is 7.39. The van der Waals surface area contributed by atoms with E-state index in [2.05, 4.69) is 76.4 Å². The van der Waals surface area contributed by atoms with E-state index in [9.17, 15) is 0 Å². The molecule has 0 aliphatic carbocycles. The first-order valence-corrected chi connectivity index (χ1v) is 8.01. The summed E-state index contributed by atoms with van der Waals surface area (Å²) in [6, 6.07) is 8.72. The predicted octanol–water partition coefficient (Wildman–Crippen LogP) is 6.85. The van der Waals surface area contributed by atoms with Gasteiger partial charge in [0.05, 0.1) is 0 Å². The van der Waals surface area contributed by atoms with E-state index in [4.69, 9.17) is 0 Å². The first-order chi connectivity index (χ1) is 10.6. The molecule has 0 saturated carbocycles. The van der Waals surface area contributed by atoms with Crippen LogP contribution in [0.2, 0.25) is 0 Å². The van der Waals surface area contributed by atoms with Crippen molar-refractivity contribution in [2.75, 3.05) is 0 Å². The molecule has 0 radical (unpaired) electrons. The van der Waals surface area contributed by atoms with E-state index in [1.807, 2.05) is 19.1 Å². The fourth-order valence-corrected chi connectivity index (χ4v) is 2.78. The predicted molar refractivity (Wildman–Crippen MR) is 101 cm³/mol. The second kappa shape index (κ2) is 9.04. The van der Waals surface area contributed by atoms with Gasteiger partial charge in [-0.2, -0.15) is 0 Å². The van der Waals surface area contributed by atoms with Gasteiger partial charge in [-0.3, -0.25) is 0 Å². The molecule has 0 fully saturated rings. The highest BCUT2D eigenvalue weighted by Crippen LogP contribution is 2.31. The van der Waals surface area contributed by atoms with Crippen LogP contribution in [0.15, 0.2) is 78.9 Å². The van der Waals surface area contributed by atoms with Gasteiger partial charge in [0.15, 0.2) is 0 Å². The van der Waals surface area contributed by atoms with E-state index >= 15 is 0 Å². The molecule has 1 unspecified atom stereocenters. The summed E-state index contributed by atoms with van der Waals surface area (Å²) in [5.74, 6) is 0.337. The van der Waals surface area contributed by atoms with Crippen molar-refractivity contribution in [3.63, 3.8) is 0 Å². The maximum absolute atomic E-state index is 3.97. The number of allylic oxidation sites excluding steroid dienone is 8. The number of rotatable bonds is 7. The number of hydrogen-bond acceptors (Lipinski definition) is 0. The Bertz CT molecular complexity index is 609. The summed E-state index contributed by atoms with van der Waals surface area (Å²) in [5.41, 5.74) is 6.27. The van der Waals surface area contributed by atoms with Crippen LogP contribution >= 0.6 is 0 Å². The summed E-state index contributed by atoms with van der Waals surface area (Å²) >= 11 is 0. The second-order valence-electron chi connectivity index (χ2n) is 5.31. The number of hydrogen-bond donors (Lipinski definition) is 0. The Labute approximate surface area is 136 Å². The van der Waals surface area contributed by atoms with E-state index in [0.717, 1.165) is 6.42 Å². The Hall–Kier alpha value is -2.08. The molecule has 0 amide bonds. The van der Waals surface area contributed by atoms with E-state index < -0.39 is 0 Å². The molecule has 22 heavy (non-hydrogen) atoms. The van der Waals surface area contributed by atoms with Gasteiger partial charge in [0, 0.05) is 5.92 Å². The summed E-state index contributed by atoms with van der Waals surface area (Å²) in [6.45, 7) is 16.4. The smallest absolute Gasteiger partial charge is 0.00637 e. The molecule has 0 heterocycles. The van der Waals surface area contributed by atoms with Crippen molar-refractivity contribution in [3.8, 4) is 0 Å². The van der Waals surface area contributed by atoms with Crippen molar-refractivity contribution < 1.29 is 0 Å². The Morgan fingerprint density at radius 3 is 2.36 bits per heavy atom. The molecule has 0 aromatic heterocycles. The van der Waals surface area contributed by atoms with Crippen LogP contribution in [0, 0.1) is 0 Å². The minimum atomic E-state index is 0.337. The van der Waals surface area contributed by atoms with E-state index in [1.54, 1.807) is 0 Å². The lowest BCUT2D eigenvalue weighted by Crippen LogP contribution is -2.01. The fraction of sp³-hybridized carbons (Fsp3) is 0.273. The van der Waals surface area contributed by atoms with Gasteiger partial charge in [-0.05, 0) is 48.1 Å². The lowest BCUT2D eigenvalue weighted by atomic mass is 9.86. The summed E-state index contributed by atoms with van der Waals surface area (Å²) in [4.78, 5) is 0. The van der Waals surface area contributed by atoms with Gasteiger partial charge in [-0.1, -0.05) is 81.7 Å². The quantitative estimate of drug-likeness (QED) is 0.482. The van der Waals surface area contributed by atoms with Crippen molar-refractivity contribution in [1.29, 1.82) is 0 Å². The van der Waals surface area contributed by atoms with Gasteiger partial charge >= 0.3 is 0 Å². The molecule has 116 valence electrons. The van der Waals surface area contributed by atoms with Crippen molar-refractivity contribution in [2.45, 2.75) is 40.0 Å². The first-order valence-electron chi connectivity index (χ1n) is 8.01. The molecule has 1 aromatic carbocycles. The molecule has 0 bridgehead atoms. The van der Waals surface area contributed by atoms with Crippen LogP contribution in [0.1, 0.15) is 51.2 Å². The van der Waals surface area contributed by atoms with Crippen LogP contribution in [-0.2, 0) is 0 Å². The molecular weight excluding hydrogens is 264 g/mol. The third-order valence-corrected chi connectivity index (χ3v) is 4.01. The molecule has 0 heteroatoms. The summed E-state index contributed by atoms with van der Waals surface area (Å²) in [5, 5.41) is 0. The minimum absolute atomic E-state index is 0.337. The lowest BCUT2D eigenvalue weighted by Gasteiger charge is -2.19. The average molecular weight is 292 g/mol. The third-order valence-electron chi connectivity index (χ3n) is 4.01. The third kappa shape index (κ3) is 4.21. The van der Waals surface area contributed by atoms with Crippen LogP contribution in [0.4, 0.5) is 0 Å². The minimum Gasteiger partial charge on any atom is -0.0985 e. The SMILES string of the molecule is C=CC(=C\CC)/C(=C/C)C(C)c1cccc(/C(C=C)=C/C)c1. The van der Waals surface area contributed by atoms with E-state index in [1.165, 1.54) is 27.8 Å². The molecule has 0 spiro atoms. The topological polar surface area (TPSA) is 0 Å². The van der Waals surface area contributed by atoms with Gasteiger partial charge in [0.2, 0.25) is 0 Å².